The van der Waals surface area contributed by atoms with Gasteiger partial charge in [0.05, 0.1) is 13.0 Å². The summed E-state index contributed by atoms with van der Waals surface area (Å²) in [5, 5.41) is 0. The molecule has 122 valence electrons. The van der Waals surface area contributed by atoms with Crippen molar-refractivity contribution >= 4 is 11.9 Å². The minimum absolute atomic E-state index is 0.127. The van der Waals surface area contributed by atoms with E-state index < -0.39 is 5.82 Å². The second-order valence-electron chi connectivity index (χ2n) is 5.16. The predicted molar refractivity (Wildman–Crippen MR) is 82.1 cm³/mol. The third-order valence-corrected chi connectivity index (χ3v) is 3.07. The third kappa shape index (κ3) is 6.22. The number of carbonyl (C=O) groups excluding carboxylic acids is 2. The minimum Gasteiger partial charge on any atom is -0.466 e. The summed E-state index contributed by atoms with van der Waals surface area (Å²) in [7, 11) is 3.80. The molecule has 0 spiro atoms. The molecule has 0 aliphatic rings. The van der Waals surface area contributed by atoms with Gasteiger partial charge in [-0.1, -0.05) is 6.07 Å². The van der Waals surface area contributed by atoms with Gasteiger partial charge in [-0.3, -0.25) is 9.59 Å². The summed E-state index contributed by atoms with van der Waals surface area (Å²) in [5.74, 6) is -1.08. The maximum absolute atomic E-state index is 13.3. The van der Waals surface area contributed by atoms with Crippen molar-refractivity contribution in [3.8, 4) is 0 Å². The number of amides is 1. The summed E-state index contributed by atoms with van der Waals surface area (Å²) in [6.07, 6.45) is 0.127. The van der Waals surface area contributed by atoms with E-state index >= 15 is 0 Å². The van der Waals surface area contributed by atoms with Crippen LogP contribution in [0.2, 0.25) is 0 Å². The van der Waals surface area contributed by atoms with Crippen molar-refractivity contribution in [2.24, 2.45) is 0 Å². The smallest absolute Gasteiger partial charge is 0.307 e. The molecule has 0 aliphatic heterocycles. The van der Waals surface area contributed by atoms with Crippen LogP contribution in [0.1, 0.15) is 23.7 Å². The molecule has 1 rings (SSSR count). The second-order valence-corrected chi connectivity index (χ2v) is 5.16. The first-order valence-corrected chi connectivity index (χ1v) is 7.29. The Hall–Kier alpha value is -1.95. The van der Waals surface area contributed by atoms with Crippen LogP contribution in [0, 0.1) is 5.82 Å². The molecule has 0 saturated carbocycles. The molecule has 0 aromatic heterocycles. The molecule has 1 amide bonds. The van der Waals surface area contributed by atoms with Gasteiger partial charge >= 0.3 is 5.97 Å². The third-order valence-electron chi connectivity index (χ3n) is 3.07. The first-order valence-electron chi connectivity index (χ1n) is 7.29. The van der Waals surface area contributed by atoms with Gasteiger partial charge in [0.2, 0.25) is 0 Å². The summed E-state index contributed by atoms with van der Waals surface area (Å²) in [4.78, 5) is 27.4. The number of likely N-dealkylation sites (N-methyl/N-ethyl adjacent to an activating group) is 1. The molecule has 0 fully saturated rings. The monoisotopic (exact) mass is 310 g/mol. The first-order chi connectivity index (χ1) is 10.4. The number of rotatable bonds is 8. The molecule has 6 heteroatoms. The van der Waals surface area contributed by atoms with Crippen LogP contribution in [0.3, 0.4) is 0 Å². The number of hydrogen-bond acceptors (Lipinski definition) is 4. The Bertz CT molecular complexity index is 506. The lowest BCUT2D eigenvalue weighted by Gasteiger charge is -2.24. The molecular weight excluding hydrogens is 287 g/mol. The highest BCUT2D eigenvalue weighted by atomic mass is 19.1. The van der Waals surface area contributed by atoms with E-state index in [1.807, 2.05) is 19.0 Å². The van der Waals surface area contributed by atoms with E-state index in [1.165, 1.54) is 18.2 Å². The Balaban J connectivity index is 2.75. The molecule has 0 bridgehead atoms. The van der Waals surface area contributed by atoms with Gasteiger partial charge in [-0.25, -0.2) is 4.39 Å². The normalized spacial score (nSPS) is 10.6. The molecule has 5 nitrogen and oxygen atoms in total. The van der Waals surface area contributed by atoms with E-state index in [0.29, 0.717) is 19.7 Å². The van der Waals surface area contributed by atoms with E-state index in [9.17, 15) is 14.0 Å². The van der Waals surface area contributed by atoms with Gasteiger partial charge in [-0.05, 0) is 39.2 Å². The van der Waals surface area contributed by atoms with E-state index in [-0.39, 0.29) is 30.4 Å². The van der Waals surface area contributed by atoms with Crippen molar-refractivity contribution in [2.75, 3.05) is 40.3 Å². The topological polar surface area (TPSA) is 49.9 Å². The van der Waals surface area contributed by atoms with Gasteiger partial charge in [0, 0.05) is 25.2 Å². The van der Waals surface area contributed by atoms with Crippen LogP contribution in [-0.2, 0) is 9.53 Å². The Labute approximate surface area is 130 Å². The molecule has 1 aromatic carbocycles. The molecule has 0 saturated heterocycles. The van der Waals surface area contributed by atoms with Gasteiger partial charge in [-0.15, -0.1) is 0 Å². The highest BCUT2D eigenvalue weighted by molar-refractivity contribution is 5.94. The van der Waals surface area contributed by atoms with Crippen LogP contribution in [0.15, 0.2) is 24.3 Å². The zero-order valence-electron chi connectivity index (χ0n) is 13.3. The van der Waals surface area contributed by atoms with Crippen molar-refractivity contribution in [3.63, 3.8) is 0 Å². The maximum atomic E-state index is 13.3. The van der Waals surface area contributed by atoms with Gasteiger partial charge in [0.25, 0.3) is 5.91 Å². The minimum atomic E-state index is -0.455. The summed E-state index contributed by atoms with van der Waals surface area (Å²) in [6.45, 7) is 3.42. The predicted octanol–water partition coefficient (Wildman–Crippen LogP) is 1.78. The van der Waals surface area contributed by atoms with Crippen LogP contribution >= 0.6 is 0 Å². The van der Waals surface area contributed by atoms with Crippen molar-refractivity contribution < 1.29 is 18.7 Å². The van der Waals surface area contributed by atoms with Crippen molar-refractivity contribution in [1.82, 2.24) is 9.80 Å². The maximum Gasteiger partial charge on any atom is 0.307 e. The SMILES string of the molecule is CCOC(=O)CCN(CCN(C)C)C(=O)c1cccc(F)c1. The van der Waals surface area contributed by atoms with Crippen molar-refractivity contribution in [3.05, 3.63) is 35.6 Å². The Morgan fingerprint density at radius 1 is 1.18 bits per heavy atom. The lowest BCUT2D eigenvalue weighted by Crippen LogP contribution is -2.38. The van der Waals surface area contributed by atoms with Gasteiger partial charge in [0.15, 0.2) is 0 Å². The summed E-state index contributed by atoms with van der Waals surface area (Å²) in [6, 6.07) is 5.56. The van der Waals surface area contributed by atoms with Crippen LogP contribution in [-0.4, -0.2) is 62.0 Å². The number of halogens is 1. The fraction of sp³-hybridized carbons (Fsp3) is 0.500. The molecule has 0 atom stereocenters. The number of nitrogens with zero attached hydrogens (tertiary/aromatic N) is 2. The van der Waals surface area contributed by atoms with Crippen molar-refractivity contribution in [2.45, 2.75) is 13.3 Å². The van der Waals surface area contributed by atoms with E-state index in [1.54, 1.807) is 17.9 Å². The van der Waals surface area contributed by atoms with E-state index in [4.69, 9.17) is 4.74 Å². The highest BCUT2D eigenvalue weighted by Gasteiger charge is 2.17. The molecule has 0 unspecified atom stereocenters. The average Bonchev–Trinajstić information content (AvgIpc) is 2.46. The number of ether oxygens (including phenoxy) is 1. The Morgan fingerprint density at radius 3 is 2.50 bits per heavy atom. The number of hydrogen-bond donors (Lipinski definition) is 0. The van der Waals surface area contributed by atoms with E-state index in [2.05, 4.69) is 0 Å². The molecule has 22 heavy (non-hydrogen) atoms. The quantitative estimate of drug-likeness (QED) is 0.687. The first kappa shape index (κ1) is 18.1. The van der Waals surface area contributed by atoms with Crippen LogP contribution in [0.25, 0.3) is 0 Å². The van der Waals surface area contributed by atoms with Crippen LogP contribution in [0.4, 0.5) is 4.39 Å². The summed E-state index contributed by atoms with van der Waals surface area (Å²) in [5.41, 5.74) is 0.280. The van der Waals surface area contributed by atoms with Crippen molar-refractivity contribution in [1.29, 1.82) is 0 Å². The van der Waals surface area contributed by atoms with Crippen LogP contribution in [0.5, 0.6) is 0 Å². The zero-order valence-corrected chi connectivity index (χ0v) is 13.3. The fourth-order valence-corrected chi connectivity index (χ4v) is 1.90. The summed E-state index contributed by atoms with van der Waals surface area (Å²) < 4.78 is 18.1. The standard InChI is InChI=1S/C16H23FN2O3/c1-4-22-15(20)8-9-19(11-10-18(2)3)16(21)13-6-5-7-14(17)12-13/h5-7,12H,4,8-11H2,1-3H3. The molecule has 0 radical (unpaired) electrons. The molecule has 0 heterocycles. The number of esters is 1. The fourth-order valence-electron chi connectivity index (χ4n) is 1.90. The van der Waals surface area contributed by atoms with Crippen LogP contribution < -0.4 is 0 Å². The molecule has 0 aliphatic carbocycles. The van der Waals surface area contributed by atoms with Gasteiger partial charge in [0.1, 0.15) is 5.82 Å². The molecule has 0 N–H and O–H groups in total. The molecular formula is C16H23FN2O3. The number of benzene rings is 1. The largest absolute Gasteiger partial charge is 0.466 e. The van der Waals surface area contributed by atoms with E-state index in [0.717, 1.165) is 0 Å². The highest BCUT2D eigenvalue weighted by Crippen LogP contribution is 2.08. The zero-order chi connectivity index (χ0) is 16.5. The number of carbonyl (C=O) groups is 2. The van der Waals surface area contributed by atoms with Gasteiger partial charge in [-0.2, -0.15) is 0 Å². The Morgan fingerprint density at radius 2 is 1.91 bits per heavy atom. The Kier molecular flexibility index (Phi) is 7.52. The lowest BCUT2D eigenvalue weighted by atomic mass is 10.2. The summed E-state index contributed by atoms with van der Waals surface area (Å²) >= 11 is 0. The van der Waals surface area contributed by atoms with Gasteiger partial charge < -0.3 is 14.5 Å². The molecule has 1 aromatic rings. The second kappa shape index (κ2) is 9.15. The average molecular weight is 310 g/mol. The lowest BCUT2D eigenvalue weighted by molar-refractivity contribution is -0.143.